The molecule has 56 valence electrons. The van der Waals surface area contributed by atoms with E-state index in [0.29, 0.717) is 5.88 Å². The molecule has 4 nitrogen and oxygen atoms in total. The smallest absolute Gasteiger partial charge is 0.216 e. The first kappa shape index (κ1) is 6.15. The lowest BCUT2D eigenvalue weighted by Gasteiger charge is -1.99. The minimum Gasteiger partial charge on any atom is -0.481 e. The van der Waals surface area contributed by atoms with E-state index in [1.54, 1.807) is 17.8 Å². The maximum absolute atomic E-state index is 5.05. The van der Waals surface area contributed by atoms with Gasteiger partial charge in [-0.25, -0.2) is 0 Å². The first-order valence-electron chi connectivity index (χ1n) is 3.25. The monoisotopic (exact) mass is 149 g/mol. The fourth-order valence-corrected chi connectivity index (χ4v) is 0.982. The summed E-state index contributed by atoms with van der Waals surface area (Å²) in [6.45, 7) is 0. The van der Waals surface area contributed by atoms with E-state index in [-0.39, 0.29) is 0 Å². The minimum absolute atomic E-state index is 0.694. The molecule has 0 aliphatic rings. The molecule has 2 aromatic rings. The van der Waals surface area contributed by atoms with Crippen molar-refractivity contribution in [3.63, 3.8) is 0 Å². The molecule has 2 aromatic heterocycles. The first-order chi connectivity index (χ1) is 5.42. The Morgan fingerprint density at radius 3 is 3.18 bits per heavy atom. The van der Waals surface area contributed by atoms with Gasteiger partial charge in [-0.1, -0.05) is 11.3 Å². The van der Waals surface area contributed by atoms with E-state index < -0.39 is 0 Å². The highest BCUT2D eigenvalue weighted by atomic mass is 16.5. The van der Waals surface area contributed by atoms with Crippen LogP contribution < -0.4 is 4.74 Å². The largest absolute Gasteiger partial charge is 0.481 e. The van der Waals surface area contributed by atoms with Crippen LogP contribution in [-0.2, 0) is 0 Å². The number of nitrogens with zero attached hydrogens (tertiary/aromatic N) is 3. The van der Waals surface area contributed by atoms with Crippen LogP contribution in [0.3, 0.4) is 0 Å². The molecule has 0 bridgehead atoms. The third kappa shape index (κ3) is 0.832. The Bertz CT molecular complexity index is 368. The Morgan fingerprint density at radius 2 is 2.36 bits per heavy atom. The van der Waals surface area contributed by atoms with Crippen LogP contribution in [-0.4, -0.2) is 21.9 Å². The molecule has 11 heavy (non-hydrogen) atoms. The molecule has 0 saturated heterocycles. The molecule has 4 heteroatoms. The van der Waals surface area contributed by atoms with E-state index in [2.05, 4.69) is 10.3 Å². The van der Waals surface area contributed by atoms with Crippen molar-refractivity contribution in [3.05, 3.63) is 24.4 Å². The molecule has 0 amide bonds. The van der Waals surface area contributed by atoms with Crippen LogP contribution in [0.4, 0.5) is 0 Å². The predicted molar refractivity (Wildman–Crippen MR) is 39.5 cm³/mol. The van der Waals surface area contributed by atoms with Crippen LogP contribution in [0, 0.1) is 0 Å². The van der Waals surface area contributed by atoms with Gasteiger partial charge in [0, 0.05) is 6.07 Å². The molecule has 0 atom stereocenters. The first-order valence-corrected chi connectivity index (χ1v) is 3.25. The van der Waals surface area contributed by atoms with E-state index in [4.69, 9.17) is 4.74 Å². The second-order valence-corrected chi connectivity index (χ2v) is 2.14. The molecule has 0 unspecified atom stereocenters. The lowest BCUT2D eigenvalue weighted by atomic mass is 10.4. The van der Waals surface area contributed by atoms with Crippen molar-refractivity contribution in [2.24, 2.45) is 0 Å². The number of hydrogen-bond donors (Lipinski definition) is 0. The van der Waals surface area contributed by atoms with Gasteiger partial charge in [0.05, 0.1) is 18.8 Å². The van der Waals surface area contributed by atoms with Crippen molar-refractivity contribution in [1.82, 2.24) is 14.8 Å². The number of fused-ring (bicyclic) bond motifs is 1. The Morgan fingerprint density at radius 1 is 1.45 bits per heavy atom. The molecule has 0 saturated carbocycles. The lowest BCUT2D eigenvalue weighted by molar-refractivity contribution is 0.384. The maximum atomic E-state index is 5.05. The number of hydrogen-bond acceptors (Lipinski definition) is 3. The Labute approximate surface area is 63.4 Å². The number of rotatable bonds is 1. The molecular weight excluding hydrogens is 142 g/mol. The van der Waals surface area contributed by atoms with E-state index in [1.165, 1.54) is 0 Å². The summed E-state index contributed by atoms with van der Waals surface area (Å²) < 4.78 is 6.69. The molecule has 2 heterocycles. The number of aromatic nitrogens is 3. The van der Waals surface area contributed by atoms with Gasteiger partial charge in [-0.3, -0.25) is 0 Å². The zero-order chi connectivity index (χ0) is 7.68. The van der Waals surface area contributed by atoms with Crippen molar-refractivity contribution < 1.29 is 4.74 Å². The quantitative estimate of drug-likeness (QED) is 0.600. The van der Waals surface area contributed by atoms with Gasteiger partial charge in [0.1, 0.15) is 0 Å². The second kappa shape index (κ2) is 2.23. The maximum Gasteiger partial charge on any atom is 0.216 e. The van der Waals surface area contributed by atoms with Crippen LogP contribution in [0.2, 0.25) is 0 Å². The summed E-state index contributed by atoms with van der Waals surface area (Å²) >= 11 is 0. The molecule has 0 aromatic carbocycles. The molecule has 2 rings (SSSR count). The van der Waals surface area contributed by atoms with E-state index in [1.807, 2.05) is 18.2 Å². The normalized spacial score (nSPS) is 10.3. The van der Waals surface area contributed by atoms with Gasteiger partial charge in [-0.05, 0) is 6.07 Å². The van der Waals surface area contributed by atoms with Gasteiger partial charge in [-0.2, -0.15) is 4.52 Å². The lowest BCUT2D eigenvalue weighted by Crippen LogP contribution is -1.94. The van der Waals surface area contributed by atoms with E-state index in [9.17, 15) is 0 Å². The van der Waals surface area contributed by atoms with Crippen molar-refractivity contribution in [3.8, 4) is 5.88 Å². The van der Waals surface area contributed by atoms with Crippen molar-refractivity contribution in [2.45, 2.75) is 0 Å². The third-order valence-corrected chi connectivity index (χ3v) is 1.50. The molecule has 0 fully saturated rings. The Balaban J connectivity index is 2.79. The van der Waals surface area contributed by atoms with Gasteiger partial charge in [0.15, 0.2) is 0 Å². The fraction of sp³-hybridized carbons (Fsp3) is 0.143. The summed E-state index contributed by atoms with van der Waals surface area (Å²) in [6.07, 6.45) is 1.68. The second-order valence-electron chi connectivity index (χ2n) is 2.14. The van der Waals surface area contributed by atoms with Gasteiger partial charge in [0.2, 0.25) is 5.88 Å². The third-order valence-electron chi connectivity index (χ3n) is 1.50. The molecule has 0 radical (unpaired) electrons. The number of methoxy groups -OCH3 is 1. The summed E-state index contributed by atoms with van der Waals surface area (Å²) in [5, 5.41) is 7.57. The minimum atomic E-state index is 0.694. The molecule has 0 spiro atoms. The Kier molecular flexibility index (Phi) is 1.25. The summed E-state index contributed by atoms with van der Waals surface area (Å²) in [5.74, 6) is 0.694. The van der Waals surface area contributed by atoms with Crippen molar-refractivity contribution >= 4 is 5.52 Å². The van der Waals surface area contributed by atoms with Crippen molar-refractivity contribution in [1.29, 1.82) is 0 Å². The zero-order valence-electron chi connectivity index (χ0n) is 6.06. The van der Waals surface area contributed by atoms with Gasteiger partial charge in [0.25, 0.3) is 0 Å². The van der Waals surface area contributed by atoms with Crippen LogP contribution >= 0.6 is 0 Å². The van der Waals surface area contributed by atoms with Crippen LogP contribution in [0.1, 0.15) is 0 Å². The summed E-state index contributed by atoms with van der Waals surface area (Å²) in [6, 6.07) is 5.65. The van der Waals surface area contributed by atoms with E-state index in [0.717, 1.165) is 5.52 Å². The highest BCUT2D eigenvalue weighted by molar-refractivity contribution is 5.45. The fourth-order valence-electron chi connectivity index (χ4n) is 0.982. The zero-order valence-corrected chi connectivity index (χ0v) is 6.06. The van der Waals surface area contributed by atoms with Crippen LogP contribution in [0.25, 0.3) is 5.52 Å². The molecule has 0 aliphatic carbocycles. The Hall–Kier alpha value is -1.58. The van der Waals surface area contributed by atoms with Crippen LogP contribution in [0.15, 0.2) is 24.4 Å². The summed E-state index contributed by atoms with van der Waals surface area (Å²) in [5.41, 5.74) is 0.935. The molecule has 0 aliphatic heterocycles. The highest BCUT2D eigenvalue weighted by Gasteiger charge is 1.98. The van der Waals surface area contributed by atoms with Gasteiger partial charge in [-0.15, -0.1) is 5.10 Å². The van der Waals surface area contributed by atoms with Crippen molar-refractivity contribution in [2.75, 3.05) is 7.11 Å². The van der Waals surface area contributed by atoms with Crippen LogP contribution in [0.5, 0.6) is 5.88 Å². The average Bonchev–Trinajstić information content (AvgIpc) is 2.50. The molecule has 0 N–H and O–H groups in total. The van der Waals surface area contributed by atoms with E-state index >= 15 is 0 Å². The number of pyridine rings is 1. The topological polar surface area (TPSA) is 39.4 Å². The summed E-state index contributed by atoms with van der Waals surface area (Å²) in [7, 11) is 1.61. The molecular formula is C7H7N3O. The standard InChI is InChI=1S/C7H7N3O/c1-11-7-4-2-3-6-5-8-9-10(6)7/h2-5H,1H3. The SMILES string of the molecule is COc1cccc2cnnn12. The van der Waals surface area contributed by atoms with Gasteiger partial charge >= 0.3 is 0 Å². The number of ether oxygens (including phenoxy) is 1. The average molecular weight is 149 g/mol. The predicted octanol–water partition coefficient (Wildman–Crippen LogP) is 0.738. The highest BCUT2D eigenvalue weighted by Crippen LogP contribution is 2.10. The summed E-state index contributed by atoms with van der Waals surface area (Å²) in [4.78, 5) is 0. The van der Waals surface area contributed by atoms with Gasteiger partial charge < -0.3 is 4.74 Å².